The van der Waals surface area contributed by atoms with Crippen LogP contribution < -0.4 is 0 Å². The molecule has 0 aliphatic rings. The van der Waals surface area contributed by atoms with E-state index in [1.807, 2.05) is 24.3 Å². The van der Waals surface area contributed by atoms with Crippen LogP contribution in [-0.2, 0) is 12.8 Å². The van der Waals surface area contributed by atoms with Crippen LogP contribution >= 0.6 is 0 Å². The number of hydrogen-bond acceptors (Lipinski definition) is 3. The van der Waals surface area contributed by atoms with Gasteiger partial charge in [-0.15, -0.1) is 0 Å². The Bertz CT molecular complexity index is 976. The standard InChI is InChI=1S/C26H30O3/c1-3-5-8-18-12-14-20(27)16-23(18)22-10-7-11-25(29)26(22)24-17-21(28)15-13-19(24)9-6-4-2/h7,10-17,27-29H,3-6,8-9H2,1-2H3. The molecule has 3 nitrogen and oxygen atoms in total. The summed E-state index contributed by atoms with van der Waals surface area (Å²) >= 11 is 0. The third kappa shape index (κ3) is 4.73. The fourth-order valence-corrected chi connectivity index (χ4v) is 3.83. The number of unbranched alkanes of at least 4 members (excludes halogenated alkanes) is 2. The minimum Gasteiger partial charge on any atom is -0.508 e. The summed E-state index contributed by atoms with van der Waals surface area (Å²) in [4.78, 5) is 0. The van der Waals surface area contributed by atoms with Crippen molar-refractivity contribution in [3.8, 4) is 39.5 Å². The van der Waals surface area contributed by atoms with E-state index in [-0.39, 0.29) is 17.2 Å². The SMILES string of the molecule is CCCCc1ccc(O)cc1-c1cccc(O)c1-c1cc(O)ccc1CCCC. The first kappa shape index (κ1) is 20.8. The van der Waals surface area contributed by atoms with Gasteiger partial charge < -0.3 is 15.3 Å². The number of rotatable bonds is 8. The zero-order valence-corrected chi connectivity index (χ0v) is 17.3. The lowest BCUT2D eigenvalue weighted by Gasteiger charge is -2.18. The van der Waals surface area contributed by atoms with Crippen molar-refractivity contribution in [1.82, 2.24) is 0 Å². The van der Waals surface area contributed by atoms with Gasteiger partial charge in [0, 0.05) is 5.56 Å². The van der Waals surface area contributed by atoms with Crippen LogP contribution in [0.3, 0.4) is 0 Å². The molecule has 0 saturated carbocycles. The third-order valence-electron chi connectivity index (χ3n) is 5.39. The van der Waals surface area contributed by atoms with E-state index in [0.29, 0.717) is 5.56 Å². The predicted octanol–water partition coefficient (Wildman–Crippen LogP) is 6.82. The van der Waals surface area contributed by atoms with Crippen molar-refractivity contribution < 1.29 is 15.3 Å². The number of phenolic OH excluding ortho intramolecular Hbond substituents is 3. The van der Waals surface area contributed by atoms with Crippen molar-refractivity contribution in [2.45, 2.75) is 52.4 Å². The summed E-state index contributed by atoms with van der Waals surface area (Å²) in [7, 11) is 0. The molecular weight excluding hydrogens is 360 g/mol. The smallest absolute Gasteiger partial charge is 0.124 e. The maximum Gasteiger partial charge on any atom is 0.124 e. The number of hydrogen-bond donors (Lipinski definition) is 3. The van der Waals surface area contributed by atoms with Crippen molar-refractivity contribution in [2.75, 3.05) is 0 Å². The Morgan fingerprint density at radius 1 is 0.621 bits per heavy atom. The van der Waals surface area contributed by atoms with Gasteiger partial charge in [0.05, 0.1) is 0 Å². The van der Waals surface area contributed by atoms with E-state index in [9.17, 15) is 15.3 Å². The summed E-state index contributed by atoms with van der Waals surface area (Å²) in [5.41, 5.74) is 5.59. The van der Waals surface area contributed by atoms with Crippen molar-refractivity contribution in [2.24, 2.45) is 0 Å². The third-order valence-corrected chi connectivity index (χ3v) is 5.39. The van der Waals surface area contributed by atoms with Gasteiger partial charge in [0.2, 0.25) is 0 Å². The molecule has 0 radical (unpaired) electrons. The Balaban J connectivity index is 2.23. The van der Waals surface area contributed by atoms with Gasteiger partial charge >= 0.3 is 0 Å². The molecule has 0 aliphatic carbocycles. The van der Waals surface area contributed by atoms with Crippen LogP contribution in [0, 0.1) is 0 Å². The Morgan fingerprint density at radius 3 is 1.76 bits per heavy atom. The van der Waals surface area contributed by atoms with Gasteiger partial charge in [-0.25, -0.2) is 0 Å². The number of benzene rings is 3. The first-order chi connectivity index (χ1) is 14.0. The Morgan fingerprint density at radius 2 is 1.17 bits per heavy atom. The molecule has 152 valence electrons. The average molecular weight is 391 g/mol. The molecule has 0 aromatic heterocycles. The molecule has 29 heavy (non-hydrogen) atoms. The van der Waals surface area contributed by atoms with Gasteiger partial charge in [-0.2, -0.15) is 0 Å². The van der Waals surface area contributed by atoms with E-state index < -0.39 is 0 Å². The molecule has 3 aromatic rings. The summed E-state index contributed by atoms with van der Waals surface area (Å²) in [6.45, 7) is 4.31. The minimum atomic E-state index is 0.177. The summed E-state index contributed by atoms with van der Waals surface area (Å²) < 4.78 is 0. The van der Waals surface area contributed by atoms with Gasteiger partial charge in [-0.3, -0.25) is 0 Å². The highest BCUT2D eigenvalue weighted by Gasteiger charge is 2.18. The highest BCUT2D eigenvalue weighted by Crippen LogP contribution is 2.43. The average Bonchev–Trinajstić information content (AvgIpc) is 2.71. The van der Waals surface area contributed by atoms with Gasteiger partial charge in [0.15, 0.2) is 0 Å². The van der Waals surface area contributed by atoms with Crippen LogP contribution in [0.5, 0.6) is 17.2 Å². The molecule has 3 N–H and O–H groups in total. The van der Waals surface area contributed by atoms with Crippen LogP contribution in [0.2, 0.25) is 0 Å². The summed E-state index contributed by atoms with van der Waals surface area (Å²) in [5.74, 6) is 0.559. The van der Waals surface area contributed by atoms with Gasteiger partial charge in [-0.1, -0.05) is 51.0 Å². The fourth-order valence-electron chi connectivity index (χ4n) is 3.83. The zero-order valence-electron chi connectivity index (χ0n) is 17.3. The number of phenols is 3. The minimum absolute atomic E-state index is 0.177. The zero-order chi connectivity index (χ0) is 20.8. The Kier molecular flexibility index (Phi) is 6.82. The van der Waals surface area contributed by atoms with Crippen LogP contribution in [0.1, 0.15) is 50.7 Å². The van der Waals surface area contributed by atoms with Crippen molar-refractivity contribution >= 4 is 0 Å². The van der Waals surface area contributed by atoms with E-state index in [1.165, 1.54) is 0 Å². The molecule has 0 fully saturated rings. The van der Waals surface area contributed by atoms with Crippen LogP contribution in [0.4, 0.5) is 0 Å². The monoisotopic (exact) mass is 390 g/mol. The maximum atomic E-state index is 10.8. The molecule has 0 unspecified atom stereocenters. The lowest BCUT2D eigenvalue weighted by Crippen LogP contribution is -1.96. The second kappa shape index (κ2) is 9.51. The van der Waals surface area contributed by atoms with Crippen LogP contribution in [0.25, 0.3) is 22.3 Å². The first-order valence-electron chi connectivity index (χ1n) is 10.5. The van der Waals surface area contributed by atoms with Crippen molar-refractivity contribution in [1.29, 1.82) is 0 Å². The molecule has 0 saturated heterocycles. The second-order valence-corrected chi connectivity index (χ2v) is 7.59. The molecule has 0 atom stereocenters. The Hall–Kier alpha value is -2.94. The van der Waals surface area contributed by atoms with E-state index in [4.69, 9.17) is 0 Å². The molecule has 3 rings (SSSR count). The Labute approximate surface area is 173 Å². The molecule has 3 aromatic carbocycles. The number of aryl methyl sites for hydroxylation is 2. The number of aromatic hydroxyl groups is 3. The molecule has 0 bridgehead atoms. The lowest BCUT2D eigenvalue weighted by molar-refractivity contribution is 0.473. The largest absolute Gasteiger partial charge is 0.508 e. The van der Waals surface area contributed by atoms with E-state index in [1.54, 1.807) is 30.3 Å². The maximum absolute atomic E-state index is 10.8. The van der Waals surface area contributed by atoms with Gasteiger partial charge in [0.25, 0.3) is 0 Å². The van der Waals surface area contributed by atoms with E-state index in [0.717, 1.165) is 66.3 Å². The van der Waals surface area contributed by atoms with Crippen molar-refractivity contribution in [3.63, 3.8) is 0 Å². The molecule has 0 spiro atoms. The molecule has 3 heteroatoms. The second-order valence-electron chi connectivity index (χ2n) is 7.59. The van der Waals surface area contributed by atoms with Gasteiger partial charge in [0.1, 0.15) is 17.2 Å². The molecule has 0 aliphatic heterocycles. The van der Waals surface area contributed by atoms with Crippen molar-refractivity contribution in [3.05, 3.63) is 65.7 Å². The van der Waals surface area contributed by atoms with Gasteiger partial charge in [-0.05, 0) is 83.8 Å². The molecule has 0 amide bonds. The molecular formula is C26H30O3. The quantitative estimate of drug-likeness (QED) is 0.395. The first-order valence-corrected chi connectivity index (χ1v) is 10.5. The highest BCUT2D eigenvalue weighted by atomic mass is 16.3. The highest BCUT2D eigenvalue weighted by molar-refractivity contribution is 5.90. The van der Waals surface area contributed by atoms with Crippen LogP contribution in [-0.4, -0.2) is 15.3 Å². The molecule has 0 heterocycles. The summed E-state index contributed by atoms with van der Waals surface area (Å²) in [5, 5.41) is 31.2. The predicted molar refractivity (Wildman–Crippen MR) is 120 cm³/mol. The normalized spacial score (nSPS) is 11.0. The summed E-state index contributed by atoms with van der Waals surface area (Å²) in [6, 6.07) is 16.3. The fraction of sp³-hybridized carbons (Fsp3) is 0.308. The van der Waals surface area contributed by atoms with Crippen LogP contribution in [0.15, 0.2) is 54.6 Å². The van der Waals surface area contributed by atoms with E-state index >= 15 is 0 Å². The topological polar surface area (TPSA) is 60.7 Å². The summed E-state index contributed by atoms with van der Waals surface area (Å²) in [6.07, 6.45) is 6.03. The van der Waals surface area contributed by atoms with E-state index in [2.05, 4.69) is 13.8 Å². The lowest BCUT2D eigenvalue weighted by atomic mass is 9.87.